The Morgan fingerprint density at radius 2 is 1.76 bits per heavy atom. The fourth-order valence-electron chi connectivity index (χ4n) is 3.89. The molecule has 7 nitrogen and oxygen atoms in total. The summed E-state index contributed by atoms with van der Waals surface area (Å²) in [5, 5.41) is 2.74. The number of fused-ring (bicyclic) bond motifs is 3. The molecule has 0 spiro atoms. The standard InChI is InChI=1S/C25H24N2O5S/c1-4-17-10-12-22-20(13-17)19-7-5-6-8-23(19)33(30,31)27(22)15-24(28)26-21-14-18(25(29)32-3)11-9-16(21)2/h5-14H,4,15H2,1-3H3,(H,26,28). The van der Waals surface area contributed by atoms with Crippen LogP contribution in [0.5, 0.6) is 0 Å². The van der Waals surface area contributed by atoms with E-state index in [1.807, 2.05) is 19.1 Å². The van der Waals surface area contributed by atoms with Crippen molar-refractivity contribution in [2.24, 2.45) is 0 Å². The lowest BCUT2D eigenvalue weighted by atomic mass is 9.99. The van der Waals surface area contributed by atoms with E-state index < -0.39 is 28.4 Å². The number of ether oxygens (including phenoxy) is 1. The van der Waals surface area contributed by atoms with Crippen LogP contribution in [-0.2, 0) is 26.0 Å². The maximum Gasteiger partial charge on any atom is 0.337 e. The Kier molecular flexibility index (Phi) is 5.95. The summed E-state index contributed by atoms with van der Waals surface area (Å²) in [4.78, 5) is 25.0. The third-order valence-electron chi connectivity index (χ3n) is 5.70. The Labute approximate surface area is 193 Å². The molecule has 1 aliphatic rings. The van der Waals surface area contributed by atoms with Gasteiger partial charge in [0.15, 0.2) is 0 Å². The van der Waals surface area contributed by atoms with Gasteiger partial charge in [-0.25, -0.2) is 13.2 Å². The molecular formula is C25H24N2O5S. The predicted octanol–water partition coefficient (Wildman–Crippen LogP) is 4.16. The topological polar surface area (TPSA) is 92.8 Å². The molecule has 33 heavy (non-hydrogen) atoms. The third-order valence-corrected chi connectivity index (χ3v) is 7.52. The van der Waals surface area contributed by atoms with Crippen molar-refractivity contribution in [1.29, 1.82) is 0 Å². The zero-order chi connectivity index (χ0) is 23.8. The molecule has 0 radical (unpaired) electrons. The fraction of sp³-hybridized carbons (Fsp3) is 0.200. The molecule has 1 N–H and O–H groups in total. The third kappa shape index (κ3) is 4.09. The molecule has 0 fully saturated rings. The molecule has 170 valence electrons. The number of benzene rings is 3. The molecular weight excluding hydrogens is 440 g/mol. The summed E-state index contributed by atoms with van der Waals surface area (Å²) in [7, 11) is -2.66. The number of nitrogens with zero attached hydrogens (tertiary/aromatic N) is 1. The number of carbonyl (C=O) groups is 2. The lowest BCUT2D eigenvalue weighted by Gasteiger charge is -2.32. The van der Waals surface area contributed by atoms with E-state index in [1.54, 1.807) is 49.4 Å². The SMILES string of the molecule is CCc1ccc2c(c1)-c1ccccc1S(=O)(=O)N2CC(=O)Nc1cc(C(=O)OC)ccc1C. The normalized spacial score (nSPS) is 13.6. The first-order valence-electron chi connectivity index (χ1n) is 10.5. The number of amides is 1. The first-order valence-corrected chi connectivity index (χ1v) is 11.9. The quantitative estimate of drug-likeness (QED) is 0.573. The summed E-state index contributed by atoms with van der Waals surface area (Å²) < 4.78 is 32.8. The molecule has 0 unspecified atom stereocenters. The summed E-state index contributed by atoms with van der Waals surface area (Å²) in [5.74, 6) is -1.05. The number of hydrogen-bond donors (Lipinski definition) is 1. The van der Waals surface area contributed by atoms with E-state index >= 15 is 0 Å². The highest BCUT2D eigenvalue weighted by Gasteiger charge is 2.36. The van der Waals surface area contributed by atoms with E-state index in [4.69, 9.17) is 4.74 Å². The molecule has 1 amide bonds. The number of hydrogen-bond acceptors (Lipinski definition) is 5. The molecule has 4 rings (SSSR count). The van der Waals surface area contributed by atoms with Gasteiger partial charge in [0, 0.05) is 16.8 Å². The highest BCUT2D eigenvalue weighted by molar-refractivity contribution is 7.93. The Hall–Kier alpha value is -3.65. The molecule has 1 heterocycles. The van der Waals surface area contributed by atoms with Crippen molar-refractivity contribution in [3.8, 4) is 11.1 Å². The van der Waals surface area contributed by atoms with E-state index in [0.717, 1.165) is 27.4 Å². The molecule has 0 bridgehead atoms. The fourth-order valence-corrected chi connectivity index (χ4v) is 5.54. The zero-order valence-electron chi connectivity index (χ0n) is 18.6. The van der Waals surface area contributed by atoms with Crippen molar-refractivity contribution in [2.45, 2.75) is 25.2 Å². The van der Waals surface area contributed by atoms with Gasteiger partial charge in [0.1, 0.15) is 6.54 Å². The number of rotatable bonds is 5. The lowest BCUT2D eigenvalue weighted by Crippen LogP contribution is -2.40. The van der Waals surface area contributed by atoms with Gasteiger partial charge in [-0.3, -0.25) is 9.10 Å². The van der Waals surface area contributed by atoms with Crippen LogP contribution in [0.2, 0.25) is 0 Å². The van der Waals surface area contributed by atoms with Crippen molar-refractivity contribution < 1.29 is 22.7 Å². The lowest BCUT2D eigenvalue weighted by molar-refractivity contribution is -0.114. The first kappa shape index (κ1) is 22.5. The smallest absolute Gasteiger partial charge is 0.337 e. The van der Waals surface area contributed by atoms with Crippen LogP contribution >= 0.6 is 0 Å². The molecule has 0 atom stereocenters. The van der Waals surface area contributed by atoms with E-state index in [2.05, 4.69) is 5.32 Å². The van der Waals surface area contributed by atoms with Crippen molar-refractivity contribution in [3.05, 3.63) is 77.4 Å². The molecule has 0 aromatic heterocycles. The number of anilines is 2. The molecule has 0 saturated heterocycles. The molecule has 3 aromatic rings. The molecule has 0 saturated carbocycles. The van der Waals surface area contributed by atoms with Crippen molar-refractivity contribution >= 4 is 33.3 Å². The monoisotopic (exact) mass is 464 g/mol. The van der Waals surface area contributed by atoms with Gasteiger partial charge in [0.05, 0.1) is 23.3 Å². The van der Waals surface area contributed by atoms with Crippen molar-refractivity contribution in [2.75, 3.05) is 23.3 Å². The number of sulfonamides is 1. The maximum atomic E-state index is 13.4. The summed E-state index contributed by atoms with van der Waals surface area (Å²) in [6, 6.07) is 17.2. The van der Waals surface area contributed by atoms with Crippen LogP contribution < -0.4 is 9.62 Å². The summed E-state index contributed by atoms with van der Waals surface area (Å²) >= 11 is 0. The number of methoxy groups -OCH3 is 1. The molecule has 0 aliphatic carbocycles. The summed E-state index contributed by atoms with van der Waals surface area (Å²) in [6.45, 7) is 3.41. The highest BCUT2D eigenvalue weighted by atomic mass is 32.2. The van der Waals surface area contributed by atoms with E-state index in [1.165, 1.54) is 13.2 Å². The van der Waals surface area contributed by atoms with Gasteiger partial charge in [-0.1, -0.05) is 37.3 Å². The Morgan fingerprint density at radius 1 is 1.00 bits per heavy atom. The van der Waals surface area contributed by atoms with Gasteiger partial charge in [-0.2, -0.15) is 0 Å². The zero-order valence-corrected chi connectivity index (χ0v) is 19.4. The average molecular weight is 465 g/mol. The Balaban J connectivity index is 1.70. The van der Waals surface area contributed by atoms with Gasteiger partial charge >= 0.3 is 5.97 Å². The van der Waals surface area contributed by atoms with Crippen LogP contribution in [-0.4, -0.2) is 33.9 Å². The van der Waals surface area contributed by atoms with Crippen molar-refractivity contribution in [3.63, 3.8) is 0 Å². The largest absolute Gasteiger partial charge is 0.465 e. The number of carbonyl (C=O) groups excluding carboxylic acids is 2. The van der Waals surface area contributed by atoms with Gasteiger partial charge < -0.3 is 10.1 Å². The molecule has 1 aliphatic heterocycles. The van der Waals surface area contributed by atoms with Gasteiger partial charge in [-0.05, 0) is 54.8 Å². The molecule has 8 heteroatoms. The van der Waals surface area contributed by atoms with Gasteiger partial charge in [-0.15, -0.1) is 0 Å². The second-order valence-corrected chi connectivity index (χ2v) is 9.61. The Morgan fingerprint density at radius 3 is 2.48 bits per heavy atom. The van der Waals surface area contributed by atoms with Gasteiger partial charge in [0.2, 0.25) is 5.91 Å². The van der Waals surface area contributed by atoms with Crippen LogP contribution in [0.4, 0.5) is 11.4 Å². The van der Waals surface area contributed by atoms with Crippen LogP contribution in [0.3, 0.4) is 0 Å². The van der Waals surface area contributed by atoms with Crippen LogP contribution in [0, 0.1) is 6.92 Å². The second-order valence-electron chi connectivity index (χ2n) is 7.78. The van der Waals surface area contributed by atoms with Crippen LogP contribution in [0.1, 0.15) is 28.4 Å². The minimum Gasteiger partial charge on any atom is -0.465 e. The highest BCUT2D eigenvalue weighted by Crippen LogP contribution is 2.43. The van der Waals surface area contributed by atoms with E-state index in [9.17, 15) is 18.0 Å². The Bertz CT molecular complexity index is 1360. The van der Waals surface area contributed by atoms with Gasteiger partial charge in [0.25, 0.3) is 10.0 Å². The van der Waals surface area contributed by atoms with E-state index in [0.29, 0.717) is 16.9 Å². The number of esters is 1. The first-order chi connectivity index (χ1) is 15.8. The summed E-state index contributed by atoms with van der Waals surface area (Å²) in [5.41, 5.74) is 4.37. The minimum atomic E-state index is -3.94. The summed E-state index contributed by atoms with van der Waals surface area (Å²) in [6.07, 6.45) is 0.804. The van der Waals surface area contributed by atoms with Crippen LogP contribution in [0.15, 0.2) is 65.6 Å². The average Bonchev–Trinajstić information content (AvgIpc) is 2.82. The number of aryl methyl sites for hydroxylation is 2. The predicted molar refractivity (Wildman–Crippen MR) is 127 cm³/mol. The molecule has 3 aromatic carbocycles. The maximum absolute atomic E-state index is 13.4. The number of nitrogens with one attached hydrogen (secondary N) is 1. The minimum absolute atomic E-state index is 0.169. The second kappa shape index (κ2) is 8.71. The van der Waals surface area contributed by atoms with Crippen LogP contribution in [0.25, 0.3) is 11.1 Å². The van der Waals surface area contributed by atoms with Crippen molar-refractivity contribution in [1.82, 2.24) is 0 Å². The van der Waals surface area contributed by atoms with E-state index in [-0.39, 0.29) is 10.5 Å².